The molecule has 1 atom stereocenters. The lowest BCUT2D eigenvalue weighted by atomic mass is 10.1. The molecule has 1 aliphatic rings. The number of anilines is 1. The Hall–Kier alpha value is -1.14. The van der Waals surface area contributed by atoms with Gasteiger partial charge in [0.15, 0.2) is 0 Å². The van der Waals surface area contributed by atoms with Crippen molar-refractivity contribution in [2.75, 3.05) is 12.3 Å². The van der Waals surface area contributed by atoms with Gasteiger partial charge < -0.3 is 5.73 Å². The molecular formula is C12H17FN2O2S. The third-order valence-electron chi connectivity index (χ3n) is 3.50. The van der Waals surface area contributed by atoms with E-state index >= 15 is 0 Å². The fourth-order valence-electron chi connectivity index (χ4n) is 1.98. The smallest absolute Gasteiger partial charge is 0.242 e. The molecule has 3 N–H and O–H groups in total. The number of halogens is 1. The highest BCUT2D eigenvalue weighted by Crippen LogP contribution is 2.51. The molecule has 1 saturated carbocycles. The Morgan fingerprint density at radius 2 is 2.11 bits per heavy atom. The molecule has 4 nitrogen and oxygen atoms in total. The van der Waals surface area contributed by atoms with Gasteiger partial charge in [0.05, 0.1) is 5.69 Å². The van der Waals surface area contributed by atoms with E-state index in [1.807, 2.05) is 0 Å². The lowest BCUT2D eigenvalue weighted by molar-refractivity contribution is 0.537. The molecule has 0 spiro atoms. The average molecular weight is 272 g/mol. The lowest BCUT2D eigenvalue weighted by Gasteiger charge is -2.09. The van der Waals surface area contributed by atoms with Crippen molar-refractivity contribution in [2.45, 2.75) is 25.2 Å². The van der Waals surface area contributed by atoms with Crippen LogP contribution in [0.5, 0.6) is 0 Å². The zero-order valence-electron chi connectivity index (χ0n) is 10.4. The lowest BCUT2D eigenvalue weighted by Crippen LogP contribution is -2.27. The summed E-state index contributed by atoms with van der Waals surface area (Å²) in [5.41, 5.74) is 5.66. The van der Waals surface area contributed by atoms with Gasteiger partial charge in [-0.1, -0.05) is 13.8 Å². The van der Waals surface area contributed by atoms with Gasteiger partial charge >= 0.3 is 0 Å². The van der Waals surface area contributed by atoms with E-state index in [9.17, 15) is 12.8 Å². The predicted molar refractivity (Wildman–Crippen MR) is 67.9 cm³/mol. The standard InChI is InChI=1S/C12H17FN2O2S/c1-12(2)6-8(12)7-15-18(16,17)11-4-3-9(13)5-10(11)14/h3-5,8,15H,6-7,14H2,1-2H3. The number of hydrogen-bond acceptors (Lipinski definition) is 3. The first-order chi connectivity index (χ1) is 8.22. The first kappa shape index (κ1) is 13.3. The molecule has 0 saturated heterocycles. The van der Waals surface area contributed by atoms with Gasteiger partial charge in [-0.15, -0.1) is 0 Å². The van der Waals surface area contributed by atoms with Crippen LogP contribution in [0.3, 0.4) is 0 Å². The molecule has 0 radical (unpaired) electrons. The Kier molecular flexibility index (Phi) is 3.11. The summed E-state index contributed by atoms with van der Waals surface area (Å²) in [5.74, 6) is -0.191. The summed E-state index contributed by atoms with van der Waals surface area (Å²) in [4.78, 5) is -0.0673. The van der Waals surface area contributed by atoms with E-state index < -0.39 is 15.8 Å². The van der Waals surface area contributed by atoms with Crippen molar-refractivity contribution in [3.8, 4) is 0 Å². The number of hydrogen-bond donors (Lipinski definition) is 2. The van der Waals surface area contributed by atoms with Crippen molar-refractivity contribution in [1.29, 1.82) is 0 Å². The second-order valence-corrected chi connectivity index (χ2v) is 7.16. The molecule has 100 valence electrons. The Morgan fingerprint density at radius 1 is 1.50 bits per heavy atom. The van der Waals surface area contributed by atoms with Crippen LogP contribution in [0.2, 0.25) is 0 Å². The first-order valence-corrected chi connectivity index (χ1v) is 7.25. The molecule has 18 heavy (non-hydrogen) atoms. The number of sulfonamides is 1. The third-order valence-corrected chi connectivity index (χ3v) is 5.00. The van der Waals surface area contributed by atoms with E-state index in [1.165, 1.54) is 6.07 Å². The SMILES string of the molecule is CC1(C)CC1CNS(=O)(=O)c1ccc(F)cc1N. The van der Waals surface area contributed by atoms with Crippen molar-refractivity contribution in [2.24, 2.45) is 11.3 Å². The largest absolute Gasteiger partial charge is 0.398 e. The zero-order valence-corrected chi connectivity index (χ0v) is 11.2. The molecular weight excluding hydrogens is 255 g/mol. The van der Waals surface area contributed by atoms with Gasteiger partial charge in [-0.25, -0.2) is 17.5 Å². The molecule has 6 heteroatoms. The number of benzene rings is 1. The van der Waals surface area contributed by atoms with Crippen LogP contribution in [-0.4, -0.2) is 15.0 Å². The van der Waals surface area contributed by atoms with Crippen LogP contribution < -0.4 is 10.5 Å². The van der Waals surface area contributed by atoms with Crippen LogP contribution in [0.4, 0.5) is 10.1 Å². The molecule has 1 aliphatic carbocycles. The Balaban J connectivity index is 2.11. The molecule has 1 fully saturated rings. The number of nitrogens with two attached hydrogens (primary N) is 1. The summed E-state index contributed by atoms with van der Waals surface area (Å²) >= 11 is 0. The van der Waals surface area contributed by atoms with Gasteiger partial charge in [0, 0.05) is 6.54 Å². The van der Waals surface area contributed by atoms with Crippen molar-refractivity contribution >= 4 is 15.7 Å². The van der Waals surface area contributed by atoms with E-state index in [0.717, 1.165) is 18.6 Å². The maximum absolute atomic E-state index is 12.9. The van der Waals surface area contributed by atoms with Crippen molar-refractivity contribution in [3.63, 3.8) is 0 Å². The van der Waals surface area contributed by atoms with Crippen molar-refractivity contribution in [3.05, 3.63) is 24.0 Å². The summed E-state index contributed by atoms with van der Waals surface area (Å²) in [5, 5.41) is 0. The van der Waals surface area contributed by atoms with Gasteiger partial charge in [-0.3, -0.25) is 0 Å². The van der Waals surface area contributed by atoms with Crippen LogP contribution in [0.15, 0.2) is 23.1 Å². The number of nitrogen functional groups attached to an aromatic ring is 1. The van der Waals surface area contributed by atoms with Crippen LogP contribution in [0, 0.1) is 17.2 Å². The minimum atomic E-state index is -3.65. The quantitative estimate of drug-likeness (QED) is 0.820. The molecule has 0 heterocycles. The van der Waals surface area contributed by atoms with Gasteiger partial charge in [0.1, 0.15) is 10.7 Å². The molecule has 0 aromatic heterocycles. The van der Waals surface area contributed by atoms with E-state index in [4.69, 9.17) is 5.73 Å². The van der Waals surface area contributed by atoms with Crippen LogP contribution in [0.25, 0.3) is 0 Å². The zero-order chi connectivity index (χ0) is 13.6. The van der Waals surface area contributed by atoms with E-state index in [1.54, 1.807) is 0 Å². The van der Waals surface area contributed by atoms with Crippen LogP contribution in [-0.2, 0) is 10.0 Å². The average Bonchev–Trinajstić information content (AvgIpc) is 2.83. The van der Waals surface area contributed by atoms with Gasteiger partial charge in [0.25, 0.3) is 0 Å². The molecule has 0 bridgehead atoms. The van der Waals surface area contributed by atoms with Crippen LogP contribution in [0.1, 0.15) is 20.3 Å². The highest BCUT2D eigenvalue weighted by atomic mass is 32.2. The highest BCUT2D eigenvalue weighted by Gasteiger charge is 2.45. The molecule has 0 amide bonds. The third kappa shape index (κ3) is 2.64. The molecule has 1 aromatic rings. The van der Waals surface area contributed by atoms with E-state index in [-0.39, 0.29) is 16.0 Å². The Bertz CT molecular complexity index is 569. The maximum atomic E-state index is 12.9. The summed E-state index contributed by atoms with van der Waals surface area (Å²) in [6.07, 6.45) is 1.01. The van der Waals surface area contributed by atoms with E-state index in [2.05, 4.69) is 18.6 Å². The summed E-state index contributed by atoms with van der Waals surface area (Å²) in [6.45, 7) is 4.59. The van der Waals surface area contributed by atoms with Crippen molar-refractivity contribution in [1.82, 2.24) is 4.72 Å². The fraction of sp³-hybridized carbons (Fsp3) is 0.500. The van der Waals surface area contributed by atoms with Gasteiger partial charge in [0.2, 0.25) is 10.0 Å². The van der Waals surface area contributed by atoms with Gasteiger partial charge in [-0.05, 0) is 36.0 Å². The molecule has 1 aromatic carbocycles. The maximum Gasteiger partial charge on any atom is 0.242 e. The minimum absolute atomic E-state index is 0.0673. The fourth-order valence-corrected chi connectivity index (χ4v) is 3.17. The second-order valence-electron chi connectivity index (χ2n) is 5.42. The Labute approximate surface area is 106 Å². The van der Waals surface area contributed by atoms with E-state index in [0.29, 0.717) is 12.5 Å². The highest BCUT2D eigenvalue weighted by molar-refractivity contribution is 7.89. The topological polar surface area (TPSA) is 72.2 Å². The molecule has 1 unspecified atom stereocenters. The van der Waals surface area contributed by atoms with Gasteiger partial charge in [-0.2, -0.15) is 0 Å². The predicted octanol–water partition coefficient (Wildman–Crippen LogP) is 1.73. The molecule has 0 aliphatic heterocycles. The first-order valence-electron chi connectivity index (χ1n) is 5.77. The molecule has 2 rings (SSSR count). The van der Waals surface area contributed by atoms with Crippen LogP contribution >= 0.6 is 0 Å². The number of rotatable bonds is 4. The minimum Gasteiger partial charge on any atom is -0.398 e. The monoisotopic (exact) mass is 272 g/mol. The number of nitrogens with one attached hydrogen (secondary N) is 1. The summed E-state index contributed by atoms with van der Waals surface area (Å²) in [7, 11) is -3.65. The summed E-state index contributed by atoms with van der Waals surface area (Å²) < 4.78 is 39.4. The van der Waals surface area contributed by atoms with Crippen molar-refractivity contribution < 1.29 is 12.8 Å². The summed E-state index contributed by atoms with van der Waals surface area (Å²) in [6, 6.07) is 3.28. The Morgan fingerprint density at radius 3 is 2.61 bits per heavy atom. The second kappa shape index (κ2) is 4.20. The normalized spacial score (nSPS) is 21.8.